The van der Waals surface area contributed by atoms with E-state index >= 15 is 0 Å². The summed E-state index contributed by atoms with van der Waals surface area (Å²) in [4.78, 5) is 47.8. The van der Waals surface area contributed by atoms with Crippen LogP contribution in [0.1, 0.15) is 73.1 Å². The minimum Gasteiger partial charge on any atom is -0.444 e. The number of rotatable bonds is 16. The summed E-state index contributed by atoms with van der Waals surface area (Å²) in [6.07, 6.45) is 7.78. The van der Waals surface area contributed by atoms with E-state index in [4.69, 9.17) is 4.74 Å². The van der Waals surface area contributed by atoms with Crippen LogP contribution in [0.5, 0.6) is 0 Å². The lowest BCUT2D eigenvalue weighted by atomic mass is 10.2. The van der Waals surface area contributed by atoms with Gasteiger partial charge in [-0.1, -0.05) is 39.5 Å². The molecule has 0 radical (unpaired) electrons. The van der Waals surface area contributed by atoms with Crippen LogP contribution in [0.4, 0.5) is 29.6 Å². The molecule has 2 amide bonds. The molecule has 0 saturated carbocycles. The predicted octanol–water partition coefficient (Wildman–Crippen LogP) is 5.06. The van der Waals surface area contributed by atoms with Gasteiger partial charge in [0.05, 0.1) is 12.7 Å². The van der Waals surface area contributed by atoms with Crippen molar-refractivity contribution in [1.29, 1.82) is 0 Å². The second kappa shape index (κ2) is 18.7. The largest absolute Gasteiger partial charge is 0.471 e. The Balaban J connectivity index is 0.000000266. The number of amides is 2. The smallest absolute Gasteiger partial charge is 0.444 e. The van der Waals surface area contributed by atoms with Gasteiger partial charge in [0.1, 0.15) is 29.3 Å². The van der Waals surface area contributed by atoms with Crippen molar-refractivity contribution in [2.24, 2.45) is 0 Å². The molecule has 4 rings (SSSR count). The molecule has 0 atom stereocenters. The summed E-state index contributed by atoms with van der Waals surface area (Å²) in [6.45, 7) is 12.4. The second-order valence-electron chi connectivity index (χ2n) is 12.1. The molecule has 4 aromatic rings. The van der Waals surface area contributed by atoms with E-state index in [0.717, 1.165) is 49.9 Å². The zero-order valence-electron chi connectivity index (χ0n) is 28.7. The lowest BCUT2D eigenvalue weighted by Crippen LogP contribution is -2.39. The van der Waals surface area contributed by atoms with Crippen LogP contribution >= 0.6 is 0 Å². The third-order valence-corrected chi connectivity index (χ3v) is 6.85. The molecule has 0 aliphatic rings. The Labute approximate surface area is 283 Å². The van der Waals surface area contributed by atoms with E-state index in [1.807, 2.05) is 25.3 Å². The molecule has 0 aromatic carbocycles. The number of fused-ring (bicyclic) bond motifs is 2. The maximum Gasteiger partial charge on any atom is 0.471 e. The number of imidazole rings is 2. The molecule has 49 heavy (non-hydrogen) atoms. The average Bonchev–Trinajstić information content (AvgIpc) is 3.66. The summed E-state index contributed by atoms with van der Waals surface area (Å²) in [5.41, 5.74) is 2.30. The SMILES string of the molecule is CCCCCn1cnc2c(NCCNC(=O)C(F)(F)F)ncnc21.CCCCCn1cnc2c(NCCNC(=O)OC(C)(C)C)ncnc21. The van der Waals surface area contributed by atoms with Gasteiger partial charge >= 0.3 is 18.2 Å². The van der Waals surface area contributed by atoms with Crippen LogP contribution in [-0.4, -0.2) is 89.0 Å². The van der Waals surface area contributed by atoms with Gasteiger partial charge in [-0.25, -0.2) is 34.7 Å². The molecule has 0 spiro atoms. The normalized spacial score (nSPS) is 11.6. The number of alkyl halides is 3. The first-order valence-electron chi connectivity index (χ1n) is 16.4. The fourth-order valence-corrected chi connectivity index (χ4v) is 4.53. The standard InChI is InChI=1S/C17H28N6O2.C14H19F3N6O/c1-5-6-7-10-23-12-22-13-14(20-11-21-15(13)23)18-8-9-19-16(24)25-17(2,3)4;1-2-3-4-7-23-9-22-10-11(20-8-21-12(10)23)18-5-6-19-13(24)14(15,16)17/h11-12H,5-10H2,1-4H3,(H,19,24)(H,18,20,21);8-9H,2-7H2,1H3,(H,19,24)(H,18,20,21). The minimum absolute atomic E-state index is 0.0939. The van der Waals surface area contributed by atoms with Crippen molar-refractivity contribution >= 4 is 46.0 Å². The van der Waals surface area contributed by atoms with E-state index in [-0.39, 0.29) is 13.1 Å². The lowest BCUT2D eigenvalue weighted by Gasteiger charge is -2.19. The van der Waals surface area contributed by atoms with Gasteiger partial charge < -0.3 is 35.1 Å². The summed E-state index contributed by atoms with van der Waals surface area (Å²) in [6, 6.07) is 0. The fourth-order valence-electron chi connectivity index (χ4n) is 4.53. The molecule has 18 heteroatoms. The minimum atomic E-state index is -4.88. The maximum atomic E-state index is 12.1. The molecule has 0 fully saturated rings. The van der Waals surface area contributed by atoms with Crippen molar-refractivity contribution in [3.63, 3.8) is 0 Å². The summed E-state index contributed by atoms with van der Waals surface area (Å²) >= 11 is 0. The number of halogens is 3. The van der Waals surface area contributed by atoms with E-state index in [1.54, 1.807) is 18.0 Å². The topological polar surface area (TPSA) is 179 Å². The summed E-state index contributed by atoms with van der Waals surface area (Å²) in [7, 11) is 0. The summed E-state index contributed by atoms with van der Waals surface area (Å²) in [5, 5.41) is 10.5. The van der Waals surface area contributed by atoms with Crippen LogP contribution in [-0.2, 0) is 22.6 Å². The molecule has 15 nitrogen and oxygen atoms in total. The number of hydrogen-bond donors (Lipinski definition) is 4. The van der Waals surface area contributed by atoms with Gasteiger partial charge in [0.25, 0.3) is 0 Å². The molecule has 0 saturated heterocycles. The van der Waals surface area contributed by atoms with Crippen LogP contribution in [0, 0.1) is 0 Å². The predicted molar refractivity (Wildman–Crippen MR) is 180 cm³/mol. The van der Waals surface area contributed by atoms with Gasteiger partial charge in [-0.3, -0.25) is 4.79 Å². The van der Waals surface area contributed by atoms with Gasteiger partial charge in [-0.05, 0) is 33.6 Å². The molecule has 4 heterocycles. The van der Waals surface area contributed by atoms with Gasteiger partial charge in [0, 0.05) is 39.3 Å². The number of carbonyl (C=O) groups excluding carboxylic acids is 2. The number of anilines is 2. The van der Waals surface area contributed by atoms with E-state index in [2.05, 4.69) is 64.3 Å². The molecule has 0 bridgehead atoms. The van der Waals surface area contributed by atoms with Crippen LogP contribution < -0.4 is 21.3 Å². The number of nitrogens with zero attached hydrogens (tertiary/aromatic N) is 8. The van der Waals surface area contributed by atoms with Crippen LogP contribution in [0.25, 0.3) is 22.3 Å². The Hall–Kier alpha value is -4.77. The molecule has 0 aliphatic heterocycles. The van der Waals surface area contributed by atoms with Crippen LogP contribution in [0.2, 0.25) is 0 Å². The Morgan fingerprint density at radius 2 is 1.16 bits per heavy atom. The van der Waals surface area contributed by atoms with Gasteiger partial charge in [-0.2, -0.15) is 13.2 Å². The van der Waals surface area contributed by atoms with E-state index < -0.39 is 23.8 Å². The monoisotopic (exact) mass is 692 g/mol. The lowest BCUT2D eigenvalue weighted by molar-refractivity contribution is -0.173. The number of hydrogen-bond acceptors (Lipinski definition) is 11. The first kappa shape index (κ1) is 38.7. The van der Waals surface area contributed by atoms with Gasteiger partial charge in [0.2, 0.25) is 0 Å². The third kappa shape index (κ3) is 12.6. The Morgan fingerprint density at radius 1 is 0.694 bits per heavy atom. The summed E-state index contributed by atoms with van der Waals surface area (Å²) < 4.78 is 45.4. The van der Waals surface area contributed by atoms with Crippen LogP contribution in [0.3, 0.4) is 0 Å². The Kier molecular flexibility index (Phi) is 14.8. The molecule has 4 aromatic heterocycles. The molecular formula is C31H47F3N12O3. The third-order valence-electron chi connectivity index (χ3n) is 6.85. The maximum absolute atomic E-state index is 12.1. The van der Waals surface area contributed by atoms with Crippen molar-refractivity contribution in [3.05, 3.63) is 25.3 Å². The zero-order chi connectivity index (χ0) is 35.9. The highest BCUT2D eigenvalue weighted by Gasteiger charge is 2.38. The Bertz CT molecular complexity index is 1620. The summed E-state index contributed by atoms with van der Waals surface area (Å²) in [5.74, 6) is -0.863. The van der Waals surface area contributed by atoms with E-state index in [9.17, 15) is 22.8 Å². The zero-order valence-corrected chi connectivity index (χ0v) is 28.7. The fraction of sp³-hybridized carbons (Fsp3) is 0.613. The van der Waals surface area contributed by atoms with Crippen molar-refractivity contribution in [3.8, 4) is 0 Å². The first-order chi connectivity index (χ1) is 23.3. The van der Waals surface area contributed by atoms with Crippen molar-refractivity contribution in [2.75, 3.05) is 36.8 Å². The molecule has 270 valence electrons. The number of aryl methyl sites for hydroxylation is 2. The van der Waals surface area contributed by atoms with Crippen molar-refractivity contribution in [2.45, 2.75) is 98.0 Å². The van der Waals surface area contributed by atoms with E-state index in [0.29, 0.717) is 35.9 Å². The highest BCUT2D eigenvalue weighted by atomic mass is 19.4. The van der Waals surface area contributed by atoms with Gasteiger partial charge in [0.15, 0.2) is 22.9 Å². The Morgan fingerprint density at radius 3 is 1.59 bits per heavy atom. The number of ether oxygens (including phenoxy) is 1. The highest BCUT2D eigenvalue weighted by Crippen LogP contribution is 2.19. The van der Waals surface area contributed by atoms with Crippen LogP contribution in [0.15, 0.2) is 25.3 Å². The number of carbonyl (C=O) groups is 2. The van der Waals surface area contributed by atoms with Crippen molar-refractivity contribution in [1.82, 2.24) is 49.7 Å². The highest BCUT2D eigenvalue weighted by molar-refractivity contribution is 5.83. The van der Waals surface area contributed by atoms with E-state index in [1.165, 1.54) is 25.5 Å². The average molecular weight is 693 g/mol. The van der Waals surface area contributed by atoms with Crippen molar-refractivity contribution < 1.29 is 27.5 Å². The van der Waals surface area contributed by atoms with Gasteiger partial charge in [-0.15, -0.1) is 0 Å². The number of unbranched alkanes of at least 4 members (excludes halogenated alkanes) is 4. The first-order valence-corrected chi connectivity index (χ1v) is 16.4. The number of aromatic nitrogens is 8. The quantitative estimate of drug-likeness (QED) is 0.115. The number of alkyl carbamates (subject to hydrolysis) is 1. The molecule has 0 aliphatic carbocycles. The number of nitrogens with one attached hydrogen (secondary N) is 4. The second-order valence-corrected chi connectivity index (χ2v) is 12.1. The molecule has 0 unspecified atom stereocenters. The molecule has 4 N–H and O–H groups in total. The molecular weight excluding hydrogens is 645 g/mol.